The van der Waals surface area contributed by atoms with Crippen molar-refractivity contribution in [1.82, 2.24) is 0 Å². The molecular weight excluding hydrogens is 180 g/mol. The lowest BCUT2D eigenvalue weighted by Gasteiger charge is -2.10. The third-order valence-corrected chi connectivity index (χ3v) is 2.09. The van der Waals surface area contributed by atoms with Gasteiger partial charge in [0, 0.05) is 6.61 Å². The normalized spacial score (nSPS) is 12.4. The van der Waals surface area contributed by atoms with Gasteiger partial charge >= 0.3 is 5.97 Å². The highest BCUT2D eigenvalue weighted by atomic mass is 16.4. The van der Waals surface area contributed by atoms with Gasteiger partial charge in [0.2, 0.25) is 0 Å². The molecule has 0 unspecified atom stereocenters. The Morgan fingerprint density at radius 3 is 2.43 bits per heavy atom. The first-order valence-electron chi connectivity index (χ1n) is 4.59. The summed E-state index contributed by atoms with van der Waals surface area (Å²) in [5, 5.41) is 17.6. The molecule has 1 rings (SSSR count). The highest BCUT2D eigenvalue weighted by Crippen LogP contribution is 2.11. The quantitative estimate of drug-likeness (QED) is 0.743. The van der Waals surface area contributed by atoms with E-state index in [0.29, 0.717) is 6.42 Å². The molecule has 14 heavy (non-hydrogen) atoms. The van der Waals surface area contributed by atoms with Crippen molar-refractivity contribution in [1.29, 1.82) is 0 Å². The number of hydrogen-bond acceptors (Lipinski definition) is 2. The fourth-order valence-corrected chi connectivity index (χ4v) is 1.40. The van der Waals surface area contributed by atoms with Gasteiger partial charge in [-0.1, -0.05) is 30.3 Å². The number of aliphatic carboxylic acids is 1. The monoisotopic (exact) mass is 194 g/mol. The average molecular weight is 194 g/mol. The molecule has 0 amide bonds. The number of hydrogen-bond donors (Lipinski definition) is 2. The largest absolute Gasteiger partial charge is 0.481 e. The Balaban J connectivity index is 2.53. The van der Waals surface area contributed by atoms with Crippen molar-refractivity contribution in [3.63, 3.8) is 0 Å². The Bertz CT molecular complexity index is 282. The number of rotatable bonds is 5. The lowest BCUT2D eigenvalue weighted by atomic mass is 9.97. The molecule has 1 aromatic carbocycles. The minimum absolute atomic E-state index is 0.0192. The van der Waals surface area contributed by atoms with Crippen LogP contribution in [0.1, 0.15) is 12.0 Å². The molecular formula is C11H14O3. The molecule has 0 spiro atoms. The number of carboxylic acid groups (broad SMARTS) is 1. The van der Waals surface area contributed by atoms with Gasteiger partial charge in [0.25, 0.3) is 0 Å². The van der Waals surface area contributed by atoms with Crippen LogP contribution in [-0.4, -0.2) is 22.8 Å². The van der Waals surface area contributed by atoms with Crippen molar-refractivity contribution < 1.29 is 15.0 Å². The van der Waals surface area contributed by atoms with Crippen molar-refractivity contribution >= 4 is 5.97 Å². The minimum Gasteiger partial charge on any atom is -0.481 e. The second-order valence-electron chi connectivity index (χ2n) is 3.34. The van der Waals surface area contributed by atoms with Crippen LogP contribution < -0.4 is 0 Å². The van der Waals surface area contributed by atoms with Crippen LogP contribution in [0.2, 0.25) is 0 Å². The maximum Gasteiger partial charge on any atom is 0.303 e. The Kier molecular flexibility index (Phi) is 4.13. The molecule has 0 fully saturated rings. The van der Waals surface area contributed by atoms with Gasteiger partial charge in [0.1, 0.15) is 0 Å². The van der Waals surface area contributed by atoms with Crippen molar-refractivity contribution in [3.05, 3.63) is 35.9 Å². The third-order valence-electron chi connectivity index (χ3n) is 2.09. The molecule has 0 aliphatic heterocycles. The molecule has 0 aromatic heterocycles. The maximum absolute atomic E-state index is 10.4. The van der Waals surface area contributed by atoms with Gasteiger partial charge in [-0.15, -0.1) is 0 Å². The second kappa shape index (κ2) is 5.40. The van der Waals surface area contributed by atoms with Crippen LogP contribution in [0.3, 0.4) is 0 Å². The minimum atomic E-state index is -0.861. The van der Waals surface area contributed by atoms with Crippen LogP contribution in [0, 0.1) is 5.92 Å². The molecule has 0 aliphatic carbocycles. The fourth-order valence-electron chi connectivity index (χ4n) is 1.40. The van der Waals surface area contributed by atoms with E-state index < -0.39 is 5.97 Å². The lowest BCUT2D eigenvalue weighted by Crippen LogP contribution is -2.14. The summed E-state index contributed by atoms with van der Waals surface area (Å²) in [6, 6.07) is 9.60. The molecule has 76 valence electrons. The van der Waals surface area contributed by atoms with Gasteiger partial charge in [0.05, 0.1) is 6.42 Å². The third kappa shape index (κ3) is 3.58. The van der Waals surface area contributed by atoms with E-state index in [9.17, 15) is 4.79 Å². The molecule has 0 saturated carbocycles. The molecule has 0 heterocycles. The van der Waals surface area contributed by atoms with Crippen LogP contribution in [-0.2, 0) is 11.2 Å². The van der Waals surface area contributed by atoms with Gasteiger partial charge in [-0.05, 0) is 17.9 Å². The van der Waals surface area contributed by atoms with E-state index in [4.69, 9.17) is 10.2 Å². The van der Waals surface area contributed by atoms with Gasteiger partial charge in [-0.25, -0.2) is 0 Å². The molecule has 3 nitrogen and oxygen atoms in total. The first kappa shape index (κ1) is 10.7. The SMILES string of the molecule is O=C(O)C[C@H](CO)Cc1ccccc1. The summed E-state index contributed by atoms with van der Waals surface area (Å²) < 4.78 is 0. The Morgan fingerprint density at radius 1 is 1.29 bits per heavy atom. The molecule has 0 bridgehead atoms. The zero-order valence-electron chi connectivity index (χ0n) is 7.89. The van der Waals surface area contributed by atoms with E-state index in [1.165, 1.54) is 0 Å². The average Bonchev–Trinajstić information content (AvgIpc) is 2.17. The van der Waals surface area contributed by atoms with Gasteiger partial charge in [-0.2, -0.15) is 0 Å². The molecule has 1 aromatic rings. The first-order chi connectivity index (χ1) is 6.72. The fraction of sp³-hybridized carbons (Fsp3) is 0.364. The standard InChI is InChI=1S/C11H14O3/c12-8-10(7-11(13)14)6-9-4-2-1-3-5-9/h1-5,10,12H,6-8H2,(H,13,14)/t10-/m1/s1. The number of carboxylic acids is 1. The summed E-state index contributed by atoms with van der Waals surface area (Å²) in [4.78, 5) is 10.4. The van der Waals surface area contributed by atoms with E-state index in [-0.39, 0.29) is 18.9 Å². The summed E-state index contributed by atoms with van der Waals surface area (Å²) in [6.45, 7) is -0.0821. The number of aliphatic hydroxyl groups is 1. The first-order valence-corrected chi connectivity index (χ1v) is 4.59. The Labute approximate surface area is 83.0 Å². The van der Waals surface area contributed by atoms with E-state index >= 15 is 0 Å². The Morgan fingerprint density at radius 2 is 1.93 bits per heavy atom. The van der Waals surface area contributed by atoms with E-state index in [1.807, 2.05) is 30.3 Å². The molecule has 2 N–H and O–H groups in total. The van der Waals surface area contributed by atoms with E-state index in [0.717, 1.165) is 5.56 Å². The van der Waals surface area contributed by atoms with Crippen molar-refractivity contribution in [2.75, 3.05) is 6.61 Å². The van der Waals surface area contributed by atoms with E-state index in [1.54, 1.807) is 0 Å². The van der Waals surface area contributed by atoms with Crippen molar-refractivity contribution in [2.45, 2.75) is 12.8 Å². The van der Waals surface area contributed by atoms with Crippen LogP contribution in [0.15, 0.2) is 30.3 Å². The maximum atomic E-state index is 10.4. The van der Waals surface area contributed by atoms with Gasteiger partial charge < -0.3 is 10.2 Å². The molecule has 3 heteroatoms. The predicted octanol–water partition coefficient (Wildman–Crippen LogP) is 1.31. The topological polar surface area (TPSA) is 57.5 Å². The summed E-state index contributed by atoms with van der Waals surface area (Å²) in [5.74, 6) is -1.05. The highest BCUT2D eigenvalue weighted by molar-refractivity contribution is 5.67. The summed E-state index contributed by atoms with van der Waals surface area (Å²) in [5.41, 5.74) is 1.06. The zero-order chi connectivity index (χ0) is 10.4. The number of aliphatic hydroxyl groups excluding tert-OH is 1. The summed E-state index contributed by atoms with van der Waals surface area (Å²) in [7, 11) is 0. The molecule has 0 radical (unpaired) electrons. The van der Waals surface area contributed by atoms with Crippen LogP contribution in [0.25, 0.3) is 0 Å². The molecule has 0 aliphatic rings. The summed E-state index contributed by atoms with van der Waals surface area (Å²) >= 11 is 0. The Hall–Kier alpha value is -1.35. The second-order valence-corrected chi connectivity index (χ2v) is 3.34. The highest BCUT2D eigenvalue weighted by Gasteiger charge is 2.12. The predicted molar refractivity (Wildman–Crippen MR) is 53.0 cm³/mol. The van der Waals surface area contributed by atoms with Crippen LogP contribution in [0.5, 0.6) is 0 Å². The lowest BCUT2D eigenvalue weighted by molar-refractivity contribution is -0.138. The summed E-state index contributed by atoms with van der Waals surface area (Å²) in [6.07, 6.45) is 0.634. The van der Waals surface area contributed by atoms with Gasteiger partial charge in [-0.3, -0.25) is 4.79 Å². The smallest absolute Gasteiger partial charge is 0.303 e. The van der Waals surface area contributed by atoms with Gasteiger partial charge in [0.15, 0.2) is 0 Å². The van der Waals surface area contributed by atoms with Crippen LogP contribution >= 0.6 is 0 Å². The van der Waals surface area contributed by atoms with Crippen molar-refractivity contribution in [2.24, 2.45) is 5.92 Å². The zero-order valence-corrected chi connectivity index (χ0v) is 7.89. The number of benzene rings is 1. The molecule has 1 atom stereocenters. The molecule has 0 saturated heterocycles. The van der Waals surface area contributed by atoms with Crippen LogP contribution in [0.4, 0.5) is 0 Å². The van der Waals surface area contributed by atoms with E-state index in [2.05, 4.69) is 0 Å². The number of carbonyl (C=O) groups is 1. The van der Waals surface area contributed by atoms with Crippen molar-refractivity contribution in [3.8, 4) is 0 Å².